The molecule has 1 aliphatic heterocycles. The zero-order chi connectivity index (χ0) is 19.9. The van der Waals surface area contributed by atoms with Crippen molar-refractivity contribution in [1.82, 2.24) is 10.2 Å². The minimum Gasteiger partial charge on any atom is -0.486 e. The Hall–Kier alpha value is -2.87. The Balaban J connectivity index is 1.57. The van der Waals surface area contributed by atoms with Crippen LogP contribution in [0, 0.1) is 0 Å². The van der Waals surface area contributed by atoms with Gasteiger partial charge in [0.05, 0.1) is 5.69 Å². The highest BCUT2D eigenvalue weighted by Crippen LogP contribution is 2.39. The van der Waals surface area contributed by atoms with Gasteiger partial charge >= 0.3 is 6.03 Å². The normalized spacial score (nSPS) is 12.2. The van der Waals surface area contributed by atoms with E-state index in [2.05, 4.69) is 10.6 Å². The molecule has 0 saturated heterocycles. The average molecular weight is 401 g/mol. The van der Waals surface area contributed by atoms with E-state index in [1.807, 2.05) is 42.7 Å². The van der Waals surface area contributed by atoms with Crippen molar-refractivity contribution in [3.8, 4) is 11.5 Å². The van der Waals surface area contributed by atoms with Crippen molar-refractivity contribution in [2.24, 2.45) is 0 Å². The number of ether oxygens (including phenoxy) is 2. The lowest BCUT2D eigenvalue weighted by Crippen LogP contribution is -2.40. The Labute approximate surface area is 168 Å². The number of carbonyl (C=O) groups is 2. The Morgan fingerprint density at radius 2 is 1.79 bits per heavy atom. The van der Waals surface area contributed by atoms with Gasteiger partial charge < -0.3 is 25.0 Å². The lowest BCUT2D eigenvalue weighted by molar-refractivity contribution is -0.121. The molecule has 0 atom stereocenters. The van der Waals surface area contributed by atoms with Crippen LogP contribution >= 0.6 is 11.8 Å². The fourth-order valence-electron chi connectivity index (χ4n) is 2.69. The molecule has 0 bridgehead atoms. The van der Waals surface area contributed by atoms with Crippen molar-refractivity contribution in [3.05, 3.63) is 48.0 Å². The van der Waals surface area contributed by atoms with Crippen LogP contribution in [0.1, 0.15) is 5.56 Å². The van der Waals surface area contributed by atoms with E-state index in [0.717, 1.165) is 10.5 Å². The van der Waals surface area contributed by atoms with Gasteiger partial charge in [0.2, 0.25) is 5.91 Å². The molecule has 0 spiro atoms. The summed E-state index contributed by atoms with van der Waals surface area (Å²) in [6.45, 7) is 1.36. The molecule has 0 unspecified atom stereocenters. The highest BCUT2D eigenvalue weighted by Gasteiger charge is 2.19. The number of rotatable bonds is 6. The molecule has 2 aromatic rings. The van der Waals surface area contributed by atoms with Gasteiger partial charge in [0.1, 0.15) is 19.8 Å². The molecule has 0 aromatic heterocycles. The fraction of sp³-hybridized carbons (Fsp3) is 0.300. The Kier molecular flexibility index (Phi) is 6.65. The molecule has 0 aliphatic carbocycles. The van der Waals surface area contributed by atoms with Crippen LogP contribution in [0.2, 0.25) is 0 Å². The summed E-state index contributed by atoms with van der Waals surface area (Å²) in [6, 6.07) is 12.8. The van der Waals surface area contributed by atoms with Gasteiger partial charge in [0.15, 0.2) is 11.5 Å². The highest BCUT2D eigenvalue weighted by molar-refractivity contribution is 7.98. The van der Waals surface area contributed by atoms with Crippen LogP contribution in [0.25, 0.3) is 0 Å². The van der Waals surface area contributed by atoms with Crippen molar-refractivity contribution < 1.29 is 19.1 Å². The maximum Gasteiger partial charge on any atom is 0.322 e. The number of amides is 3. The number of urea groups is 1. The first-order valence-corrected chi connectivity index (χ1v) is 10.1. The molecule has 0 radical (unpaired) electrons. The van der Waals surface area contributed by atoms with Gasteiger partial charge in [-0.15, -0.1) is 11.8 Å². The highest BCUT2D eigenvalue weighted by atomic mass is 32.2. The summed E-state index contributed by atoms with van der Waals surface area (Å²) >= 11 is 1.49. The average Bonchev–Trinajstić information content (AvgIpc) is 2.72. The third-order valence-corrected chi connectivity index (χ3v) is 4.94. The minimum atomic E-state index is -0.373. The number of nitrogens with zero attached hydrogens (tertiary/aromatic N) is 1. The maximum atomic E-state index is 12.5. The Morgan fingerprint density at radius 1 is 1.11 bits per heavy atom. The summed E-state index contributed by atoms with van der Waals surface area (Å²) in [5.74, 6) is 1.04. The number of likely N-dealkylation sites (N-methyl/N-ethyl adjacent to an activating group) is 1. The van der Waals surface area contributed by atoms with Gasteiger partial charge in [-0.1, -0.05) is 30.3 Å². The Morgan fingerprint density at radius 3 is 2.46 bits per heavy atom. The summed E-state index contributed by atoms with van der Waals surface area (Å²) < 4.78 is 11.2. The van der Waals surface area contributed by atoms with E-state index in [1.54, 1.807) is 13.1 Å². The van der Waals surface area contributed by atoms with Gasteiger partial charge in [0, 0.05) is 24.6 Å². The maximum absolute atomic E-state index is 12.5. The third kappa shape index (κ3) is 5.10. The van der Waals surface area contributed by atoms with E-state index >= 15 is 0 Å². The van der Waals surface area contributed by atoms with Gasteiger partial charge in [-0.3, -0.25) is 4.79 Å². The topological polar surface area (TPSA) is 79.9 Å². The van der Waals surface area contributed by atoms with E-state index in [0.29, 0.717) is 36.9 Å². The molecule has 3 rings (SSSR count). The van der Waals surface area contributed by atoms with Crippen LogP contribution in [0.5, 0.6) is 11.5 Å². The molecule has 28 heavy (non-hydrogen) atoms. The summed E-state index contributed by atoms with van der Waals surface area (Å²) in [5, 5.41) is 5.65. The van der Waals surface area contributed by atoms with Crippen molar-refractivity contribution in [2.45, 2.75) is 11.4 Å². The van der Waals surface area contributed by atoms with Gasteiger partial charge in [-0.25, -0.2) is 4.79 Å². The quantitative estimate of drug-likeness (QED) is 0.728. The smallest absolute Gasteiger partial charge is 0.322 e. The second kappa shape index (κ2) is 9.36. The summed E-state index contributed by atoms with van der Waals surface area (Å²) in [4.78, 5) is 26.8. The van der Waals surface area contributed by atoms with E-state index in [-0.39, 0.29) is 18.5 Å². The molecule has 8 heteroatoms. The largest absolute Gasteiger partial charge is 0.486 e. The summed E-state index contributed by atoms with van der Waals surface area (Å²) in [7, 11) is 1.58. The first kappa shape index (κ1) is 19.9. The molecule has 2 aromatic carbocycles. The van der Waals surface area contributed by atoms with Gasteiger partial charge in [0.25, 0.3) is 0 Å². The predicted molar refractivity (Wildman–Crippen MR) is 109 cm³/mol. The SMILES string of the molecule is CSc1cc2c(cc1NC(=O)N(C)CC(=O)NCc1ccccc1)OCCO2. The van der Waals surface area contributed by atoms with Crippen molar-refractivity contribution >= 4 is 29.4 Å². The van der Waals surface area contributed by atoms with Gasteiger partial charge in [-0.2, -0.15) is 0 Å². The number of anilines is 1. The first-order chi connectivity index (χ1) is 13.6. The molecule has 0 saturated carbocycles. The van der Waals surface area contributed by atoms with E-state index < -0.39 is 0 Å². The molecule has 1 heterocycles. The lowest BCUT2D eigenvalue weighted by Gasteiger charge is -2.22. The standard InChI is InChI=1S/C20H23N3O4S/c1-23(13-19(24)21-12-14-6-4-3-5-7-14)20(25)22-15-10-16-17(11-18(15)28-2)27-9-8-26-16/h3-7,10-11H,8-9,12-13H2,1-2H3,(H,21,24)(H,22,25). The number of hydrogen-bond donors (Lipinski definition) is 2. The van der Waals surface area contributed by atoms with Gasteiger partial charge in [-0.05, 0) is 17.9 Å². The number of hydrogen-bond acceptors (Lipinski definition) is 5. The number of fused-ring (bicyclic) bond motifs is 1. The second-order valence-corrected chi connectivity index (χ2v) is 7.09. The van der Waals surface area contributed by atoms with E-state index in [1.165, 1.54) is 16.7 Å². The van der Waals surface area contributed by atoms with Crippen LogP contribution < -0.4 is 20.1 Å². The van der Waals surface area contributed by atoms with Crippen molar-refractivity contribution in [1.29, 1.82) is 0 Å². The molecule has 0 fully saturated rings. The number of benzene rings is 2. The van der Waals surface area contributed by atoms with Crippen molar-refractivity contribution in [3.63, 3.8) is 0 Å². The monoisotopic (exact) mass is 401 g/mol. The molecule has 3 amide bonds. The van der Waals surface area contributed by atoms with E-state index in [4.69, 9.17) is 9.47 Å². The van der Waals surface area contributed by atoms with Crippen LogP contribution in [0.15, 0.2) is 47.4 Å². The summed E-state index contributed by atoms with van der Waals surface area (Å²) in [6.07, 6.45) is 1.92. The third-order valence-electron chi connectivity index (χ3n) is 4.17. The zero-order valence-corrected chi connectivity index (χ0v) is 16.7. The van der Waals surface area contributed by atoms with Crippen LogP contribution in [0.4, 0.5) is 10.5 Å². The zero-order valence-electron chi connectivity index (χ0n) is 15.9. The van der Waals surface area contributed by atoms with Crippen LogP contribution in [-0.4, -0.2) is 49.9 Å². The Bertz CT molecular complexity index is 845. The van der Waals surface area contributed by atoms with E-state index in [9.17, 15) is 9.59 Å². The molecule has 1 aliphatic rings. The minimum absolute atomic E-state index is 0.0438. The molecule has 148 valence electrons. The molecule has 7 nitrogen and oxygen atoms in total. The van der Waals surface area contributed by atoms with Crippen LogP contribution in [-0.2, 0) is 11.3 Å². The fourth-order valence-corrected chi connectivity index (χ4v) is 3.24. The number of nitrogens with one attached hydrogen (secondary N) is 2. The second-order valence-electron chi connectivity index (χ2n) is 6.24. The van der Waals surface area contributed by atoms with Crippen molar-refractivity contribution in [2.75, 3.05) is 38.4 Å². The lowest BCUT2D eigenvalue weighted by atomic mass is 10.2. The number of thioether (sulfide) groups is 1. The number of carbonyl (C=O) groups excluding carboxylic acids is 2. The molecule has 2 N–H and O–H groups in total. The molecular formula is C20H23N3O4S. The first-order valence-electron chi connectivity index (χ1n) is 8.87. The van der Waals surface area contributed by atoms with Crippen LogP contribution in [0.3, 0.4) is 0 Å². The summed E-state index contributed by atoms with van der Waals surface area (Å²) in [5.41, 5.74) is 1.63. The molecular weight excluding hydrogens is 378 g/mol. The predicted octanol–water partition coefficient (Wildman–Crippen LogP) is 2.96.